The minimum absolute atomic E-state index is 0.229. The number of thioether (sulfide) groups is 1. The van der Waals surface area contributed by atoms with Crippen molar-refractivity contribution in [1.29, 1.82) is 0 Å². The van der Waals surface area contributed by atoms with Crippen molar-refractivity contribution in [1.82, 2.24) is 4.98 Å². The molecule has 0 aliphatic heterocycles. The Bertz CT molecular complexity index is 1070. The number of aliphatic imine (C=N–C) groups is 2. The first-order valence-electron chi connectivity index (χ1n) is 9.07. The molecule has 0 spiro atoms. The van der Waals surface area contributed by atoms with E-state index < -0.39 is 0 Å². The van der Waals surface area contributed by atoms with Crippen molar-refractivity contribution in [2.75, 3.05) is 0 Å². The predicted octanol–water partition coefficient (Wildman–Crippen LogP) is 4.07. The van der Waals surface area contributed by atoms with Crippen LogP contribution in [0, 0.1) is 0 Å². The number of nitrogens with one attached hydrogen (secondary N) is 1. The molecule has 0 amide bonds. The predicted molar refractivity (Wildman–Crippen MR) is 123 cm³/mol. The maximum absolute atomic E-state index is 10.4. The number of hydrogen-bond acceptors (Lipinski definition) is 5. The van der Waals surface area contributed by atoms with E-state index >= 15 is 0 Å². The summed E-state index contributed by atoms with van der Waals surface area (Å²) in [5.41, 5.74) is 10.4. The Labute approximate surface area is 170 Å². The largest absolute Gasteiger partial charge is 0.505 e. The van der Waals surface area contributed by atoms with Gasteiger partial charge in [-0.3, -0.25) is 9.98 Å². The summed E-state index contributed by atoms with van der Waals surface area (Å²) in [6.45, 7) is 17.5. The second-order valence-corrected chi connectivity index (χ2v) is 8.01. The first-order chi connectivity index (χ1) is 13.1. The van der Waals surface area contributed by atoms with Gasteiger partial charge in [-0.15, -0.1) is 0 Å². The number of benzene rings is 1. The molecule has 1 heterocycles. The maximum Gasteiger partial charge on any atom is 0.145 e. The van der Waals surface area contributed by atoms with Crippen LogP contribution in [0.4, 0.5) is 5.69 Å². The Morgan fingerprint density at radius 3 is 2.46 bits per heavy atom. The summed E-state index contributed by atoms with van der Waals surface area (Å²) in [6, 6.07) is 5.89. The number of hydrogen-bond donors (Lipinski definition) is 3. The van der Waals surface area contributed by atoms with E-state index in [4.69, 9.17) is 5.73 Å². The summed E-state index contributed by atoms with van der Waals surface area (Å²) in [6.07, 6.45) is 0.706. The molecule has 0 saturated heterocycles. The zero-order chi connectivity index (χ0) is 21.0. The van der Waals surface area contributed by atoms with Crippen molar-refractivity contribution in [2.24, 2.45) is 15.7 Å². The van der Waals surface area contributed by atoms with Crippen molar-refractivity contribution < 1.29 is 5.11 Å². The van der Waals surface area contributed by atoms with Crippen LogP contribution in [-0.2, 0) is 6.42 Å². The number of nitrogens with two attached hydrogens (primary N) is 1. The van der Waals surface area contributed by atoms with Crippen LogP contribution in [0.5, 0.6) is 5.75 Å². The number of aromatic hydroxyl groups is 1. The first-order valence-corrected chi connectivity index (χ1v) is 9.89. The van der Waals surface area contributed by atoms with Crippen molar-refractivity contribution in [3.05, 3.63) is 46.6 Å². The lowest BCUT2D eigenvalue weighted by Crippen LogP contribution is -2.22. The van der Waals surface area contributed by atoms with Crippen LogP contribution in [0.25, 0.3) is 18.0 Å². The Hall–Kier alpha value is -2.73. The van der Waals surface area contributed by atoms with Crippen LogP contribution < -0.4 is 16.3 Å². The lowest BCUT2D eigenvalue weighted by molar-refractivity contribution is 0.465. The summed E-state index contributed by atoms with van der Waals surface area (Å²) < 4.78 is 0. The van der Waals surface area contributed by atoms with Crippen LogP contribution in [0.15, 0.2) is 39.7 Å². The quantitative estimate of drug-likeness (QED) is 0.404. The molecule has 4 N–H and O–H groups in total. The molecule has 2 aromatic rings. The topological polar surface area (TPSA) is 86.8 Å². The minimum atomic E-state index is 0.229. The highest BCUT2D eigenvalue weighted by Crippen LogP contribution is 2.30. The molecule has 148 valence electrons. The Morgan fingerprint density at radius 2 is 1.93 bits per heavy atom. The standard InChI is InChI=1S/C22H28N4OS/c1-8-19-22(27)21(15(6)26-19)14(5)25-16(7)28-17-9-10-18(13(4)23)20(11-17)24-12(2)3/h9-11,26-27H,4,6,8,23H2,1-3,5,7H3/b21-14+,25-16?. The molecule has 0 aliphatic carbocycles. The lowest BCUT2D eigenvalue weighted by Gasteiger charge is -2.09. The number of aryl methyl sites for hydroxylation is 1. The zero-order valence-corrected chi connectivity index (χ0v) is 18.0. The third kappa shape index (κ3) is 4.95. The molecule has 28 heavy (non-hydrogen) atoms. The number of H-pyrrole nitrogens is 1. The Kier molecular flexibility index (Phi) is 6.91. The molecule has 0 atom stereocenters. The van der Waals surface area contributed by atoms with Gasteiger partial charge in [-0.05, 0) is 52.3 Å². The van der Waals surface area contributed by atoms with Gasteiger partial charge in [0.2, 0.25) is 0 Å². The van der Waals surface area contributed by atoms with Crippen molar-refractivity contribution in [2.45, 2.75) is 45.9 Å². The van der Waals surface area contributed by atoms with Gasteiger partial charge < -0.3 is 15.8 Å². The van der Waals surface area contributed by atoms with Gasteiger partial charge in [-0.25, -0.2) is 0 Å². The normalized spacial score (nSPS) is 12.7. The van der Waals surface area contributed by atoms with Gasteiger partial charge in [0.1, 0.15) is 5.75 Å². The summed E-state index contributed by atoms with van der Waals surface area (Å²) in [5, 5.41) is 12.6. The fraction of sp³-hybridized carbons (Fsp3) is 0.273. The smallest absolute Gasteiger partial charge is 0.145 e. The molecule has 2 rings (SSSR count). The molecule has 1 aromatic heterocycles. The van der Waals surface area contributed by atoms with Gasteiger partial charge in [0.25, 0.3) is 0 Å². The molecule has 5 nitrogen and oxygen atoms in total. The third-order valence-corrected chi connectivity index (χ3v) is 4.97. The van der Waals surface area contributed by atoms with Gasteiger partial charge in [0, 0.05) is 27.2 Å². The van der Waals surface area contributed by atoms with Gasteiger partial charge in [-0.1, -0.05) is 31.8 Å². The van der Waals surface area contributed by atoms with Gasteiger partial charge in [-0.2, -0.15) is 0 Å². The molecule has 1 aromatic carbocycles. The number of aromatic amines is 1. The average molecular weight is 397 g/mol. The molecule has 0 saturated carbocycles. The molecule has 0 radical (unpaired) electrons. The average Bonchev–Trinajstić information content (AvgIpc) is 2.87. The van der Waals surface area contributed by atoms with Crippen LogP contribution >= 0.6 is 11.8 Å². The second kappa shape index (κ2) is 8.97. The van der Waals surface area contributed by atoms with E-state index in [1.807, 2.05) is 52.8 Å². The highest BCUT2D eigenvalue weighted by atomic mass is 32.2. The van der Waals surface area contributed by atoms with Gasteiger partial charge in [0.15, 0.2) is 0 Å². The fourth-order valence-corrected chi connectivity index (χ4v) is 3.74. The molecular weight excluding hydrogens is 368 g/mol. The molecular formula is C22H28N4OS. The van der Waals surface area contributed by atoms with Crippen LogP contribution in [0.2, 0.25) is 0 Å². The van der Waals surface area contributed by atoms with Crippen molar-refractivity contribution in [3.63, 3.8) is 0 Å². The van der Waals surface area contributed by atoms with E-state index in [9.17, 15) is 5.11 Å². The van der Waals surface area contributed by atoms with E-state index in [0.717, 1.165) is 38.3 Å². The van der Waals surface area contributed by atoms with E-state index in [1.165, 1.54) is 11.8 Å². The summed E-state index contributed by atoms with van der Waals surface area (Å²) in [4.78, 5) is 13.3. The van der Waals surface area contributed by atoms with Crippen LogP contribution in [0.3, 0.4) is 0 Å². The van der Waals surface area contributed by atoms with E-state index in [-0.39, 0.29) is 5.75 Å². The van der Waals surface area contributed by atoms with Crippen LogP contribution in [0.1, 0.15) is 45.9 Å². The van der Waals surface area contributed by atoms with Crippen LogP contribution in [-0.4, -0.2) is 20.8 Å². The number of nitrogens with zero attached hydrogens (tertiary/aromatic N) is 2. The first kappa shape index (κ1) is 21.6. The van der Waals surface area contributed by atoms with E-state index in [1.54, 1.807) is 0 Å². The molecule has 0 fully saturated rings. The minimum Gasteiger partial charge on any atom is -0.505 e. The molecule has 0 unspecified atom stereocenters. The van der Waals surface area contributed by atoms with E-state index in [2.05, 4.69) is 28.1 Å². The summed E-state index contributed by atoms with van der Waals surface area (Å²) >= 11 is 1.53. The highest BCUT2D eigenvalue weighted by molar-refractivity contribution is 8.13. The third-order valence-electron chi connectivity index (χ3n) is 4.09. The zero-order valence-electron chi connectivity index (χ0n) is 17.2. The molecule has 6 heteroatoms. The number of rotatable bonds is 5. The maximum atomic E-state index is 10.4. The van der Waals surface area contributed by atoms with Crippen molar-refractivity contribution >= 4 is 46.2 Å². The number of aromatic nitrogens is 1. The highest BCUT2D eigenvalue weighted by Gasteiger charge is 2.09. The lowest BCUT2D eigenvalue weighted by atomic mass is 10.1. The summed E-state index contributed by atoms with van der Waals surface area (Å²) in [5.74, 6) is 0.229. The van der Waals surface area contributed by atoms with E-state index in [0.29, 0.717) is 22.7 Å². The van der Waals surface area contributed by atoms with Crippen molar-refractivity contribution in [3.8, 4) is 5.75 Å². The Morgan fingerprint density at radius 1 is 1.25 bits per heavy atom. The second-order valence-electron chi connectivity index (χ2n) is 6.74. The fourth-order valence-electron chi connectivity index (χ4n) is 2.91. The Balaban J connectivity index is 2.42. The molecule has 0 aliphatic rings. The SMILES string of the molecule is C=C(N)c1ccc(SC(C)=N/C(C)=c2/c(O)c(CC)[nH]c2=C)cc1N=C(C)C. The van der Waals surface area contributed by atoms with Gasteiger partial charge in [0.05, 0.1) is 27.3 Å². The van der Waals surface area contributed by atoms with Gasteiger partial charge >= 0.3 is 0 Å². The monoisotopic (exact) mass is 396 g/mol. The summed E-state index contributed by atoms with van der Waals surface area (Å²) in [7, 11) is 0. The molecule has 0 bridgehead atoms.